The van der Waals surface area contributed by atoms with E-state index in [2.05, 4.69) is 53.3 Å². The molecule has 4 aromatic carbocycles. The maximum atomic E-state index is 12.5. The molecular weight excluding hydrogens is 727 g/mol. The Labute approximate surface area is 349 Å². The van der Waals surface area contributed by atoms with Gasteiger partial charge in [-0.2, -0.15) is 0 Å². The Morgan fingerprint density at radius 3 is 1.48 bits per heavy atom. The van der Waals surface area contributed by atoms with Crippen molar-refractivity contribution in [3.8, 4) is 0 Å². The zero-order valence-electron chi connectivity index (χ0n) is 31.8. The van der Waals surface area contributed by atoms with Gasteiger partial charge in [-0.3, -0.25) is 14.4 Å². The van der Waals surface area contributed by atoms with Crippen LogP contribution in [0.15, 0.2) is 126 Å². The number of thioether (sulfide) groups is 2. The molecule has 0 unspecified atom stereocenters. The van der Waals surface area contributed by atoms with E-state index in [1.807, 2.05) is 50.2 Å². The topological polar surface area (TPSA) is 107 Å². The number of methoxy groups -OCH3 is 1. The first kappa shape index (κ1) is 45.0. The molecule has 0 aliphatic heterocycles. The van der Waals surface area contributed by atoms with E-state index in [0.717, 1.165) is 49.2 Å². The number of hydrogen-bond acceptors (Lipinski definition) is 9. The smallest absolute Gasteiger partial charge is 1.00 e. The summed E-state index contributed by atoms with van der Waals surface area (Å²) in [5, 5.41) is 11.5. The molecule has 54 heavy (non-hydrogen) atoms. The largest absolute Gasteiger partial charge is 1.00 e. The Morgan fingerprint density at radius 1 is 0.648 bits per heavy atom. The molecule has 1 N–H and O–H groups in total. The molecule has 0 amide bonds. The molecule has 0 radical (unpaired) electrons. The van der Waals surface area contributed by atoms with E-state index in [-0.39, 0.29) is 61.1 Å². The SMILES string of the molecule is COC(=O)CCCc1ccc(CSc2oc3ccccc3c(=O)c2C)cc1.Cc1c(SCc2ccc(CCCCO)cc2)oc2ccccc2c1=O.[AlH3].[H-].[Li+]. The fraction of sp³-hybridized carbons (Fsp3) is 0.279. The van der Waals surface area contributed by atoms with Crippen LogP contribution >= 0.6 is 23.5 Å². The average molecular weight is 775 g/mol. The second-order valence-corrected chi connectivity index (χ2v) is 14.4. The van der Waals surface area contributed by atoms with E-state index in [1.54, 1.807) is 23.9 Å². The van der Waals surface area contributed by atoms with Crippen LogP contribution < -0.4 is 29.7 Å². The number of esters is 1. The van der Waals surface area contributed by atoms with Crippen molar-refractivity contribution in [3.05, 3.63) is 151 Å². The molecule has 6 aromatic rings. The van der Waals surface area contributed by atoms with Gasteiger partial charge in [-0.1, -0.05) is 96.3 Å². The molecule has 0 saturated carbocycles. The van der Waals surface area contributed by atoms with Gasteiger partial charge >= 0.3 is 24.8 Å². The van der Waals surface area contributed by atoms with E-state index in [4.69, 9.17) is 13.9 Å². The summed E-state index contributed by atoms with van der Waals surface area (Å²) < 4.78 is 16.5. The van der Waals surface area contributed by atoms with Crippen LogP contribution in [0.1, 0.15) is 60.5 Å². The Kier molecular flexibility index (Phi) is 19.0. The molecular formula is C43H48AlLiO7S2. The summed E-state index contributed by atoms with van der Waals surface area (Å²) in [5.74, 6) is 1.32. The number of fused-ring (bicyclic) bond motifs is 2. The van der Waals surface area contributed by atoms with Gasteiger partial charge in [0.2, 0.25) is 0 Å². The van der Waals surface area contributed by atoms with E-state index < -0.39 is 0 Å². The van der Waals surface area contributed by atoms with Crippen molar-refractivity contribution < 1.29 is 43.8 Å². The minimum Gasteiger partial charge on any atom is -1.00 e. The van der Waals surface area contributed by atoms with Crippen LogP contribution in [-0.4, -0.2) is 42.2 Å². The molecule has 278 valence electrons. The third-order valence-corrected chi connectivity index (χ3v) is 11.0. The van der Waals surface area contributed by atoms with E-state index in [0.29, 0.717) is 49.7 Å². The zero-order chi connectivity index (χ0) is 36.9. The second kappa shape index (κ2) is 22.8. The van der Waals surface area contributed by atoms with Crippen molar-refractivity contribution in [1.82, 2.24) is 0 Å². The summed E-state index contributed by atoms with van der Waals surface area (Å²) in [6.07, 6.45) is 4.91. The minimum absolute atomic E-state index is 0. The van der Waals surface area contributed by atoms with Gasteiger partial charge in [-0.15, -0.1) is 0 Å². The fourth-order valence-corrected chi connectivity index (χ4v) is 7.48. The van der Waals surface area contributed by atoms with Gasteiger partial charge in [-0.05, 0) is 92.5 Å². The number of aliphatic hydroxyl groups is 1. The predicted molar refractivity (Wildman–Crippen MR) is 222 cm³/mol. The van der Waals surface area contributed by atoms with E-state index in [9.17, 15) is 14.4 Å². The maximum absolute atomic E-state index is 12.5. The first-order chi connectivity index (χ1) is 25.3. The molecule has 7 nitrogen and oxygen atoms in total. The number of rotatable bonds is 14. The third kappa shape index (κ3) is 12.5. The Hall–Kier alpha value is -3.44. The zero-order valence-corrected chi connectivity index (χ0v) is 32.4. The number of carbonyl (C=O) groups is 1. The van der Waals surface area contributed by atoms with Crippen LogP contribution in [0.25, 0.3) is 21.9 Å². The molecule has 0 bridgehead atoms. The number of para-hydroxylation sites is 2. The summed E-state index contributed by atoms with van der Waals surface area (Å²) in [6, 6.07) is 31.5. The number of carbonyl (C=O) groups excluding carboxylic acids is 1. The number of benzene rings is 4. The molecule has 2 heterocycles. The molecule has 11 heteroatoms. The Morgan fingerprint density at radius 2 is 1.06 bits per heavy atom. The van der Waals surface area contributed by atoms with Crippen LogP contribution in [0.4, 0.5) is 0 Å². The average Bonchev–Trinajstić information content (AvgIpc) is 3.18. The number of unbranched alkanes of at least 4 members (excludes halogenated alkanes) is 1. The predicted octanol–water partition coefficient (Wildman–Crippen LogP) is 5.53. The fourth-order valence-electron chi connectivity index (χ4n) is 5.59. The summed E-state index contributed by atoms with van der Waals surface area (Å²) in [6.45, 7) is 3.89. The molecule has 0 spiro atoms. The van der Waals surface area contributed by atoms with Crippen molar-refractivity contribution in [1.29, 1.82) is 0 Å². The van der Waals surface area contributed by atoms with Gasteiger partial charge in [0, 0.05) is 35.7 Å². The summed E-state index contributed by atoms with van der Waals surface area (Å²) in [5.41, 5.74) is 7.50. The van der Waals surface area contributed by atoms with Crippen molar-refractivity contribution in [2.24, 2.45) is 0 Å². The van der Waals surface area contributed by atoms with Gasteiger partial charge in [-0.25, -0.2) is 0 Å². The van der Waals surface area contributed by atoms with E-state index >= 15 is 0 Å². The Bertz CT molecular complexity index is 2230. The summed E-state index contributed by atoms with van der Waals surface area (Å²) in [4.78, 5) is 36.1. The van der Waals surface area contributed by atoms with Gasteiger partial charge < -0.3 is 20.1 Å². The minimum atomic E-state index is -0.171. The normalized spacial score (nSPS) is 10.6. The molecule has 2 aromatic heterocycles. The standard InChI is InChI=1S/C22H22O4S.C21H22O3S.Al.Li.4H/c1-15-21(24)18-7-3-4-8-19(18)26-22(15)27-14-17-12-10-16(11-13-17)6-5-9-20(23)25-2;1-15-20(23)18-7-2-3-8-19(18)24-21(15)25-14-17-11-9-16(10-12-17)6-4-5-13-22;;;;;;/h3-4,7-8,10-13H,5-6,9,14H2,1-2H3;2-3,7-12,22H,4-6,13-14H2,1H3;;;;;;/q;;;+1;;;;-1. The first-order valence-electron chi connectivity index (χ1n) is 17.4. The quantitative estimate of drug-likeness (QED) is 0.0662. The Balaban J connectivity index is 0.000000361. The van der Waals surface area contributed by atoms with Crippen molar-refractivity contribution in [2.45, 2.75) is 74.1 Å². The van der Waals surface area contributed by atoms with Crippen LogP contribution in [0.3, 0.4) is 0 Å². The van der Waals surface area contributed by atoms with Crippen LogP contribution in [0.2, 0.25) is 0 Å². The van der Waals surface area contributed by atoms with E-state index in [1.165, 1.54) is 35.6 Å². The van der Waals surface area contributed by atoms with Crippen molar-refractivity contribution in [3.63, 3.8) is 0 Å². The molecule has 0 fully saturated rings. The van der Waals surface area contributed by atoms with Crippen molar-refractivity contribution >= 4 is 68.8 Å². The van der Waals surface area contributed by atoms with Crippen LogP contribution in [0.5, 0.6) is 0 Å². The first-order valence-corrected chi connectivity index (χ1v) is 19.4. The number of ether oxygens (including phenoxy) is 1. The third-order valence-electron chi connectivity index (χ3n) is 8.70. The molecule has 0 aliphatic carbocycles. The summed E-state index contributed by atoms with van der Waals surface area (Å²) >= 11 is 3.09. The van der Waals surface area contributed by atoms with Gasteiger partial charge in [0.1, 0.15) is 11.2 Å². The van der Waals surface area contributed by atoms with Gasteiger partial charge in [0.25, 0.3) is 0 Å². The molecule has 0 saturated heterocycles. The van der Waals surface area contributed by atoms with Crippen LogP contribution in [-0.2, 0) is 33.9 Å². The van der Waals surface area contributed by atoms with Crippen molar-refractivity contribution in [2.75, 3.05) is 13.7 Å². The number of hydrogen-bond donors (Lipinski definition) is 1. The maximum Gasteiger partial charge on any atom is 1.00 e. The molecule has 0 aliphatic rings. The summed E-state index contributed by atoms with van der Waals surface area (Å²) in [7, 11) is 1.41. The van der Waals surface area contributed by atoms with Crippen LogP contribution in [0, 0.1) is 13.8 Å². The van der Waals surface area contributed by atoms with Gasteiger partial charge in [0.15, 0.2) is 38.4 Å². The molecule has 6 rings (SSSR count). The second-order valence-electron chi connectivity index (χ2n) is 12.5. The number of aliphatic hydroxyl groups excluding tert-OH is 1. The number of aryl methyl sites for hydroxylation is 2. The molecule has 0 atom stereocenters. The monoisotopic (exact) mass is 774 g/mol. The van der Waals surface area contributed by atoms with Gasteiger partial charge in [0.05, 0.1) is 17.9 Å².